The molecule has 2 atom stereocenters. The van der Waals surface area contributed by atoms with Gasteiger partial charge in [-0.1, -0.05) is 12.1 Å². The van der Waals surface area contributed by atoms with Gasteiger partial charge in [0.25, 0.3) is 0 Å². The molecule has 1 aliphatic heterocycles. The first-order valence-electron chi connectivity index (χ1n) is 6.88. The summed E-state index contributed by atoms with van der Waals surface area (Å²) in [6.45, 7) is 2.87. The van der Waals surface area contributed by atoms with Gasteiger partial charge in [-0.2, -0.15) is 0 Å². The zero-order valence-corrected chi connectivity index (χ0v) is 11.6. The van der Waals surface area contributed by atoms with Crippen LogP contribution in [0.15, 0.2) is 24.3 Å². The third-order valence-electron chi connectivity index (χ3n) is 3.58. The van der Waals surface area contributed by atoms with E-state index in [1.54, 1.807) is 7.11 Å². The van der Waals surface area contributed by atoms with Crippen molar-refractivity contribution < 1.29 is 9.53 Å². The normalized spacial score (nSPS) is 21.4. The number of ether oxygens (including phenoxy) is 1. The summed E-state index contributed by atoms with van der Waals surface area (Å²) in [5, 5.41) is 6.36. The largest absolute Gasteiger partial charge is 0.497 e. The minimum absolute atomic E-state index is 0.0938. The number of nitrogens with one attached hydrogen (secondary N) is 2. The van der Waals surface area contributed by atoms with Crippen LogP contribution in [0.4, 0.5) is 0 Å². The van der Waals surface area contributed by atoms with Crippen LogP contribution in [-0.4, -0.2) is 25.6 Å². The van der Waals surface area contributed by atoms with Crippen molar-refractivity contribution in [2.75, 3.05) is 13.7 Å². The molecule has 0 unspecified atom stereocenters. The summed E-state index contributed by atoms with van der Waals surface area (Å²) in [4.78, 5) is 11.9. The van der Waals surface area contributed by atoms with E-state index in [0.29, 0.717) is 0 Å². The van der Waals surface area contributed by atoms with E-state index >= 15 is 0 Å². The average Bonchev–Trinajstić information content (AvgIpc) is 2.64. The van der Waals surface area contributed by atoms with E-state index in [2.05, 4.69) is 23.6 Å². The van der Waals surface area contributed by atoms with Crippen LogP contribution >= 0.6 is 0 Å². The molecular formula is C15H22N2O2. The highest BCUT2D eigenvalue weighted by Gasteiger charge is 2.22. The summed E-state index contributed by atoms with van der Waals surface area (Å²) in [5.41, 5.74) is 1.14. The SMILES string of the molecule is COc1cccc([C@H](C)N[C@@H]2CCCCNC2=O)c1. The Morgan fingerprint density at radius 2 is 2.26 bits per heavy atom. The smallest absolute Gasteiger partial charge is 0.237 e. The number of benzene rings is 1. The van der Waals surface area contributed by atoms with Gasteiger partial charge in [0, 0.05) is 12.6 Å². The lowest BCUT2D eigenvalue weighted by molar-refractivity contribution is -0.123. The Hall–Kier alpha value is -1.55. The standard InChI is InChI=1S/C15H22N2O2/c1-11(12-6-5-7-13(10-12)19-2)17-14-8-3-4-9-16-15(14)18/h5-7,10-11,14,17H,3-4,8-9H2,1-2H3,(H,16,18)/t11-,14+/m0/s1. The molecule has 1 saturated heterocycles. The third kappa shape index (κ3) is 3.70. The first-order valence-corrected chi connectivity index (χ1v) is 6.88. The number of carbonyl (C=O) groups is 1. The van der Waals surface area contributed by atoms with Gasteiger partial charge in [-0.3, -0.25) is 10.1 Å². The molecule has 0 radical (unpaired) electrons. The van der Waals surface area contributed by atoms with Crippen molar-refractivity contribution in [2.45, 2.75) is 38.3 Å². The second-order valence-electron chi connectivity index (χ2n) is 5.00. The minimum Gasteiger partial charge on any atom is -0.497 e. The molecule has 0 aromatic heterocycles. The van der Waals surface area contributed by atoms with Gasteiger partial charge < -0.3 is 10.1 Å². The Morgan fingerprint density at radius 3 is 3.05 bits per heavy atom. The summed E-state index contributed by atoms with van der Waals surface area (Å²) in [5.74, 6) is 0.962. The Balaban J connectivity index is 2.02. The topological polar surface area (TPSA) is 50.4 Å². The van der Waals surface area contributed by atoms with Gasteiger partial charge >= 0.3 is 0 Å². The molecule has 1 aliphatic rings. The summed E-state index contributed by atoms with van der Waals surface area (Å²) in [6, 6.07) is 7.99. The number of carbonyl (C=O) groups excluding carboxylic acids is 1. The molecule has 0 spiro atoms. The molecule has 1 aromatic rings. The zero-order chi connectivity index (χ0) is 13.7. The second-order valence-corrected chi connectivity index (χ2v) is 5.00. The van der Waals surface area contributed by atoms with Crippen LogP contribution in [0.1, 0.15) is 37.8 Å². The molecule has 19 heavy (non-hydrogen) atoms. The first kappa shape index (κ1) is 13.9. The predicted octanol–water partition coefficient (Wildman–Crippen LogP) is 2.01. The molecule has 1 aromatic carbocycles. The highest BCUT2D eigenvalue weighted by molar-refractivity contribution is 5.81. The van der Waals surface area contributed by atoms with E-state index < -0.39 is 0 Å². The molecule has 4 heteroatoms. The molecule has 0 saturated carbocycles. The van der Waals surface area contributed by atoms with E-state index in [1.807, 2.05) is 18.2 Å². The lowest BCUT2D eigenvalue weighted by atomic mass is 10.0. The quantitative estimate of drug-likeness (QED) is 0.872. The number of rotatable bonds is 4. The van der Waals surface area contributed by atoms with E-state index in [9.17, 15) is 4.79 Å². The van der Waals surface area contributed by atoms with Gasteiger partial charge in [-0.05, 0) is 43.9 Å². The summed E-state index contributed by atoms with van der Waals surface area (Å²) in [6.07, 6.45) is 3.05. The van der Waals surface area contributed by atoms with Crippen molar-refractivity contribution >= 4 is 5.91 Å². The number of methoxy groups -OCH3 is 1. The van der Waals surface area contributed by atoms with E-state index in [1.165, 1.54) is 0 Å². The van der Waals surface area contributed by atoms with Crippen LogP contribution in [0, 0.1) is 0 Å². The minimum atomic E-state index is -0.0938. The Morgan fingerprint density at radius 1 is 1.42 bits per heavy atom. The monoisotopic (exact) mass is 262 g/mol. The summed E-state index contributed by atoms with van der Waals surface area (Å²) in [7, 11) is 1.66. The highest BCUT2D eigenvalue weighted by atomic mass is 16.5. The van der Waals surface area contributed by atoms with Gasteiger partial charge in [-0.25, -0.2) is 0 Å². The maximum Gasteiger partial charge on any atom is 0.237 e. The van der Waals surface area contributed by atoms with Crippen LogP contribution in [0.25, 0.3) is 0 Å². The molecule has 1 amide bonds. The number of hydrogen-bond donors (Lipinski definition) is 2. The van der Waals surface area contributed by atoms with Gasteiger partial charge in [0.1, 0.15) is 5.75 Å². The fraction of sp³-hybridized carbons (Fsp3) is 0.533. The maximum atomic E-state index is 11.9. The molecule has 0 aliphatic carbocycles. The fourth-order valence-corrected chi connectivity index (χ4v) is 2.41. The maximum absolute atomic E-state index is 11.9. The average molecular weight is 262 g/mol. The molecular weight excluding hydrogens is 240 g/mol. The van der Waals surface area contributed by atoms with Gasteiger partial charge in [0.2, 0.25) is 5.91 Å². The van der Waals surface area contributed by atoms with Crippen molar-refractivity contribution in [1.29, 1.82) is 0 Å². The van der Waals surface area contributed by atoms with E-state index in [-0.39, 0.29) is 18.0 Å². The summed E-state index contributed by atoms with van der Waals surface area (Å²) >= 11 is 0. The van der Waals surface area contributed by atoms with Crippen LogP contribution < -0.4 is 15.4 Å². The fourth-order valence-electron chi connectivity index (χ4n) is 2.41. The Labute approximate surface area is 114 Å². The van der Waals surface area contributed by atoms with Crippen LogP contribution in [0.2, 0.25) is 0 Å². The molecule has 2 N–H and O–H groups in total. The Kier molecular flexibility index (Phi) is 4.80. The van der Waals surface area contributed by atoms with Gasteiger partial charge in [0.05, 0.1) is 13.2 Å². The van der Waals surface area contributed by atoms with Crippen molar-refractivity contribution in [3.63, 3.8) is 0 Å². The lowest BCUT2D eigenvalue weighted by Gasteiger charge is -2.21. The highest BCUT2D eigenvalue weighted by Crippen LogP contribution is 2.20. The molecule has 0 bridgehead atoms. The van der Waals surface area contributed by atoms with Gasteiger partial charge in [0.15, 0.2) is 0 Å². The third-order valence-corrected chi connectivity index (χ3v) is 3.58. The van der Waals surface area contributed by atoms with Crippen LogP contribution in [0.5, 0.6) is 5.75 Å². The molecule has 1 fully saturated rings. The summed E-state index contributed by atoms with van der Waals surface area (Å²) < 4.78 is 5.23. The predicted molar refractivity (Wildman–Crippen MR) is 75.2 cm³/mol. The second kappa shape index (κ2) is 6.57. The molecule has 4 nitrogen and oxygen atoms in total. The van der Waals surface area contributed by atoms with E-state index in [4.69, 9.17) is 4.74 Å². The number of amides is 1. The zero-order valence-electron chi connectivity index (χ0n) is 11.6. The lowest BCUT2D eigenvalue weighted by Crippen LogP contribution is -2.43. The molecule has 104 valence electrons. The van der Waals surface area contributed by atoms with Crippen LogP contribution in [0.3, 0.4) is 0 Å². The van der Waals surface area contributed by atoms with Crippen LogP contribution in [-0.2, 0) is 4.79 Å². The van der Waals surface area contributed by atoms with Gasteiger partial charge in [-0.15, -0.1) is 0 Å². The molecule has 1 heterocycles. The van der Waals surface area contributed by atoms with Crippen molar-refractivity contribution in [3.8, 4) is 5.75 Å². The number of hydrogen-bond acceptors (Lipinski definition) is 3. The molecule has 2 rings (SSSR count). The van der Waals surface area contributed by atoms with Crippen molar-refractivity contribution in [1.82, 2.24) is 10.6 Å². The first-order chi connectivity index (χ1) is 9.20. The Bertz CT molecular complexity index is 434. The van der Waals surface area contributed by atoms with E-state index in [0.717, 1.165) is 37.1 Å². The van der Waals surface area contributed by atoms with Crippen molar-refractivity contribution in [2.24, 2.45) is 0 Å². The van der Waals surface area contributed by atoms with Crippen molar-refractivity contribution in [3.05, 3.63) is 29.8 Å².